The Morgan fingerprint density at radius 3 is 1.89 bits per heavy atom. The normalized spacial score (nSPS) is 11.6. The van der Waals surface area contributed by atoms with Gasteiger partial charge in [-0.1, -0.05) is 31.7 Å². The second-order valence-electron chi connectivity index (χ2n) is 4.85. The third-order valence-corrected chi connectivity index (χ3v) is 3.88. The van der Waals surface area contributed by atoms with Crippen LogP contribution in [0.3, 0.4) is 0 Å². The van der Waals surface area contributed by atoms with E-state index in [9.17, 15) is 13.0 Å². The third kappa shape index (κ3) is 9.62. The number of pyridine rings is 1. The van der Waals surface area contributed by atoms with E-state index >= 15 is 0 Å². The number of aromatic nitrogens is 1. The van der Waals surface area contributed by atoms with Crippen LogP contribution in [0.2, 0.25) is 0 Å². The maximum Gasteiger partial charge on any atom is 0.168 e. The van der Waals surface area contributed by atoms with E-state index in [1.54, 1.807) is 0 Å². The fourth-order valence-corrected chi connectivity index (χ4v) is 2.60. The minimum Gasteiger partial charge on any atom is -0.748 e. The Morgan fingerprint density at radius 1 is 0.789 bits per heavy atom. The van der Waals surface area contributed by atoms with Gasteiger partial charge < -0.3 is 4.55 Å². The highest BCUT2D eigenvalue weighted by molar-refractivity contribution is 7.85. The zero-order valence-electron chi connectivity index (χ0n) is 11.3. The first-order chi connectivity index (χ1) is 9.08. The van der Waals surface area contributed by atoms with Crippen LogP contribution in [0, 0.1) is 0 Å². The summed E-state index contributed by atoms with van der Waals surface area (Å²) in [7, 11) is -4.01. The van der Waals surface area contributed by atoms with Crippen molar-refractivity contribution in [3.63, 3.8) is 0 Å². The smallest absolute Gasteiger partial charge is 0.168 e. The Hall–Kier alpha value is -0.940. The maximum atomic E-state index is 10.4. The number of unbranched alkanes of at least 4 members (excludes halogenated alkanes) is 6. The van der Waals surface area contributed by atoms with Crippen LogP contribution in [-0.2, 0) is 16.7 Å². The molecule has 1 heterocycles. The second-order valence-corrected chi connectivity index (χ2v) is 6.37. The Balaban J connectivity index is 1.89. The highest BCUT2D eigenvalue weighted by Gasteiger charge is 1.98. The van der Waals surface area contributed by atoms with Gasteiger partial charge in [0.15, 0.2) is 12.4 Å². The van der Waals surface area contributed by atoms with Gasteiger partial charge in [-0.15, -0.1) is 0 Å². The van der Waals surface area contributed by atoms with Crippen molar-refractivity contribution in [1.29, 1.82) is 0 Å². The van der Waals surface area contributed by atoms with Crippen LogP contribution in [0.4, 0.5) is 0 Å². The van der Waals surface area contributed by atoms with E-state index in [0.717, 1.165) is 25.8 Å². The molecule has 0 saturated heterocycles. The van der Waals surface area contributed by atoms with Crippen LogP contribution in [0.15, 0.2) is 30.6 Å². The molecule has 0 unspecified atom stereocenters. The molecule has 0 atom stereocenters. The molecule has 0 aliphatic heterocycles. The summed E-state index contributed by atoms with van der Waals surface area (Å²) in [5.74, 6) is -0.211. The molecule has 108 valence electrons. The molecule has 0 saturated carbocycles. The van der Waals surface area contributed by atoms with E-state index < -0.39 is 10.1 Å². The van der Waals surface area contributed by atoms with E-state index in [4.69, 9.17) is 0 Å². The summed E-state index contributed by atoms with van der Waals surface area (Å²) in [6.45, 7) is 1.05. The highest BCUT2D eigenvalue weighted by atomic mass is 32.2. The lowest BCUT2D eigenvalue weighted by atomic mass is 10.1. The Kier molecular flexibility index (Phi) is 7.67. The van der Waals surface area contributed by atoms with Gasteiger partial charge in [0.1, 0.15) is 6.54 Å². The molecule has 4 nitrogen and oxygen atoms in total. The predicted molar refractivity (Wildman–Crippen MR) is 73.5 cm³/mol. The lowest BCUT2D eigenvalue weighted by molar-refractivity contribution is -0.697. The van der Waals surface area contributed by atoms with Crippen molar-refractivity contribution in [3.8, 4) is 0 Å². The summed E-state index contributed by atoms with van der Waals surface area (Å²) in [5, 5.41) is 0. The van der Waals surface area contributed by atoms with Crippen molar-refractivity contribution >= 4 is 10.1 Å². The molecule has 0 amide bonds. The number of hydrogen-bond acceptors (Lipinski definition) is 3. The molecule has 5 heteroatoms. The summed E-state index contributed by atoms with van der Waals surface area (Å²) in [6, 6.07) is 6.08. The summed E-state index contributed by atoms with van der Waals surface area (Å²) in [5.41, 5.74) is 0. The first-order valence-corrected chi connectivity index (χ1v) is 8.53. The molecule has 0 aliphatic carbocycles. The molecular weight excluding hydrogens is 262 g/mol. The summed E-state index contributed by atoms with van der Waals surface area (Å²) in [6.07, 6.45) is 11.2. The Bertz CT molecular complexity index is 431. The lowest BCUT2D eigenvalue weighted by Crippen LogP contribution is -2.32. The van der Waals surface area contributed by atoms with Gasteiger partial charge in [-0.3, -0.25) is 0 Å². The number of nitrogens with zero attached hydrogens (tertiary/aromatic N) is 1. The van der Waals surface area contributed by atoms with Gasteiger partial charge in [0.25, 0.3) is 0 Å². The minimum absolute atomic E-state index is 0.211. The van der Waals surface area contributed by atoms with E-state index in [1.807, 2.05) is 18.2 Å². The fourth-order valence-electron chi connectivity index (χ4n) is 2.04. The SMILES string of the molecule is O=S(=O)([O-])CCCCCCCCC[n+]1ccccc1. The van der Waals surface area contributed by atoms with Gasteiger partial charge in [0, 0.05) is 24.3 Å². The number of rotatable bonds is 10. The molecular formula is C14H23NO3S. The Morgan fingerprint density at radius 2 is 1.32 bits per heavy atom. The summed E-state index contributed by atoms with van der Waals surface area (Å²) in [4.78, 5) is 0. The van der Waals surface area contributed by atoms with Crippen LogP contribution < -0.4 is 4.57 Å². The van der Waals surface area contributed by atoms with Crippen molar-refractivity contribution < 1.29 is 17.5 Å². The summed E-state index contributed by atoms with van der Waals surface area (Å²) < 4.78 is 33.3. The molecule has 0 bridgehead atoms. The molecule has 19 heavy (non-hydrogen) atoms. The zero-order valence-corrected chi connectivity index (χ0v) is 12.1. The van der Waals surface area contributed by atoms with Crippen molar-refractivity contribution in [2.45, 2.75) is 51.5 Å². The van der Waals surface area contributed by atoms with E-state index in [-0.39, 0.29) is 5.75 Å². The third-order valence-electron chi connectivity index (χ3n) is 3.09. The monoisotopic (exact) mass is 285 g/mol. The first-order valence-electron chi connectivity index (χ1n) is 6.95. The van der Waals surface area contributed by atoms with Gasteiger partial charge in [0.2, 0.25) is 0 Å². The van der Waals surface area contributed by atoms with Gasteiger partial charge in [-0.2, -0.15) is 0 Å². The predicted octanol–water partition coefficient (Wildman–Crippen LogP) is 2.25. The van der Waals surface area contributed by atoms with Crippen molar-refractivity contribution in [2.75, 3.05) is 5.75 Å². The quantitative estimate of drug-likeness (QED) is 0.376. The topological polar surface area (TPSA) is 61.1 Å². The van der Waals surface area contributed by atoms with Crippen LogP contribution in [0.5, 0.6) is 0 Å². The second kappa shape index (κ2) is 9.04. The molecule has 0 N–H and O–H groups in total. The van der Waals surface area contributed by atoms with Gasteiger partial charge >= 0.3 is 0 Å². The molecule has 0 fully saturated rings. The minimum atomic E-state index is -4.01. The van der Waals surface area contributed by atoms with Crippen molar-refractivity contribution in [3.05, 3.63) is 30.6 Å². The summed E-state index contributed by atoms with van der Waals surface area (Å²) >= 11 is 0. The number of hydrogen-bond donors (Lipinski definition) is 0. The molecule has 1 aromatic rings. The molecule has 1 rings (SSSR count). The molecule has 1 aromatic heterocycles. The fraction of sp³-hybridized carbons (Fsp3) is 0.643. The van der Waals surface area contributed by atoms with Crippen LogP contribution in [0.1, 0.15) is 44.9 Å². The van der Waals surface area contributed by atoms with Gasteiger partial charge in [-0.25, -0.2) is 13.0 Å². The van der Waals surface area contributed by atoms with Gasteiger partial charge in [-0.05, 0) is 12.8 Å². The standard InChI is InChI=1S/C14H23NO3S/c16-19(17,18)14-10-5-3-1-2-4-7-11-15-12-8-6-9-13-15/h6,8-9,12-13H,1-5,7,10-11,14H2. The largest absolute Gasteiger partial charge is 0.748 e. The molecule has 0 radical (unpaired) electrons. The first kappa shape index (κ1) is 16.1. The van der Waals surface area contributed by atoms with Crippen LogP contribution >= 0.6 is 0 Å². The average Bonchev–Trinajstić information content (AvgIpc) is 2.37. The Labute approximate surface area is 116 Å². The van der Waals surface area contributed by atoms with Crippen LogP contribution in [0.25, 0.3) is 0 Å². The van der Waals surface area contributed by atoms with Crippen molar-refractivity contribution in [2.24, 2.45) is 0 Å². The van der Waals surface area contributed by atoms with E-state index in [0.29, 0.717) is 6.42 Å². The molecule has 0 aromatic carbocycles. The van der Waals surface area contributed by atoms with Crippen LogP contribution in [-0.4, -0.2) is 18.7 Å². The van der Waals surface area contributed by atoms with Crippen molar-refractivity contribution in [1.82, 2.24) is 0 Å². The maximum absolute atomic E-state index is 10.4. The zero-order chi connectivity index (χ0) is 14.0. The van der Waals surface area contributed by atoms with E-state index in [1.165, 1.54) is 19.3 Å². The average molecular weight is 285 g/mol. The molecule has 0 spiro atoms. The van der Waals surface area contributed by atoms with Gasteiger partial charge in [0.05, 0.1) is 10.1 Å². The lowest BCUT2D eigenvalue weighted by Gasteiger charge is -2.05. The molecule has 0 aliphatic rings. The van der Waals surface area contributed by atoms with E-state index in [2.05, 4.69) is 17.0 Å². The highest BCUT2D eigenvalue weighted by Crippen LogP contribution is 2.07. The number of aryl methyl sites for hydroxylation is 1.